The van der Waals surface area contributed by atoms with E-state index in [4.69, 9.17) is 4.74 Å². The Labute approximate surface area is 179 Å². The maximum atomic E-state index is 12.9. The van der Waals surface area contributed by atoms with Gasteiger partial charge in [0.05, 0.1) is 19.3 Å². The monoisotopic (exact) mass is 414 g/mol. The Hall–Kier alpha value is -3.94. The Morgan fingerprint density at radius 1 is 1.13 bits per heavy atom. The quantitative estimate of drug-likeness (QED) is 0.505. The van der Waals surface area contributed by atoms with Gasteiger partial charge in [0.1, 0.15) is 11.6 Å². The molecule has 0 saturated carbocycles. The fraction of sp³-hybridized carbons (Fsp3) is 0.217. The lowest BCUT2D eigenvalue weighted by atomic mass is 10.2. The van der Waals surface area contributed by atoms with E-state index in [1.54, 1.807) is 7.11 Å². The van der Waals surface area contributed by atoms with Crippen LogP contribution in [0.1, 0.15) is 34.0 Å². The first-order valence-corrected chi connectivity index (χ1v) is 10.2. The summed E-state index contributed by atoms with van der Waals surface area (Å²) in [6, 6.07) is 17.4. The lowest BCUT2D eigenvalue weighted by molar-refractivity contribution is 0.0943. The van der Waals surface area contributed by atoms with Gasteiger partial charge in [-0.05, 0) is 55.7 Å². The highest BCUT2D eigenvalue weighted by Gasteiger charge is 2.26. The molecule has 2 aromatic carbocycles. The van der Waals surface area contributed by atoms with Crippen LogP contribution >= 0.6 is 0 Å². The second-order valence-corrected chi connectivity index (χ2v) is 7.39. The van der Waals surface area contributed by atoms with Crippen molar-refractivity contribution in [2.45, 2.75) is 25.8 Å². The number of nitrogens with zero attached hydrogens (tertiary/aromatic N) is 4. The normalized spacial score (nSPS) is 12.5. The van der Waals surface area contributed by atoms with Crippen LogP contribution in [-0.4, -0.2) is 38.0 Å². The summed E-state index contributed by atoms with van der Waals surface area (Å²) in [6.45, 7) is 0.245. The number of aromatic amines is 1. The maximum absolute atomic E-state index is 12.9. The summed E-state index contributed by atoms with van der Waals surface area (Å²) in [7, 11) is 1.63. The first kappa shape index (κ1) is 19.0. The van der Waals surface area contributed by atoms with E-state index in [-0.39, 0.29) is 12.5 Å². The molecule has 0 radical (unpaired) electrons. The van der Waals surface area contributed by atoms with Crippen molar-refractivity contribution in [3.63, 3.8) is 0 Å². The average molecular weight is 414 g/mol. The summed E-state index contributed by atoms with van der Waals surface area (Å²) in [5, 5.41) is 14.7. The molecule has 8 heteroatoms. The van der Waals surface area contributed by atoms with Gasteiger partial charge in [0, 0.05) is 16.8 Å². The van der Waals surface area contributed by atoms with Crippen molar-refractivity contribution < 1.29 is 9.53 Å². The Morgan fingerprint density at radius 2 is 1.94 bits per heavy atom. The zero-order valence-electron chi connectivity index (χ0n) is 17.1. The number of amides is 1. The van der Waals surface area contributed by atoms with Crippen LogP contribution < -0.4 is 10.1 Å². The highest BCUT2D eigenvalue weighted by atomic mass is 16.5. The van der Waals surface area contributed by atoms with Gasteiger partial charge in [-0.3, -0.25) is 9.89 Å². The number of aromatic nitrogens is 5. The van der Waals surface area contributed by atoms with Gasteiger partial charge in [-0.25, -0.2) is 9.67 Å². The van der Waals surface area contributed by atoms with Gasteiger partial charge in [-0.1, -0.05) is 18.2 Å². The third-order valence-electron chi connectivity index (χ3n) is 5.44. The van der Waals surface area contributed by atoms with Crippen LogP contribution in [0.25, 0.3) is 17.1 Å². The SMILES string of the molecule is COc1ccc(-c2n[nH]c(CNC(=O)c3nn(-c4ccccc4)c4c3CCC4)n2)cc1. The smallest absolute Gasteiger partial charge is 0.272 e. The Balaban J connectivity index is 1.31. The summed E-state index contributed by atoms with van der Waals surface area (Å²) in [4.78, 5) is 17.4. The predicted octanol–water partition coefficient (Wildman–Crippen LogP) is 3.08. The summed E-state index contributed by atoms with van der Waals surface area (Å²) in [5.74, 6) is 1.73. The molecule has 8 nitrogen and oxygen atoms in total. The third-order valence-corrected chi connectivity index (χ3v) is 5.44. The van der Waals surface area contributed by atoms with E-state index in [2.05, 4.69) is 25.6 Å². The van der Waals surface area contributed by atoms with Crippen molar-refractivity contribution in [1.29, 1.82) is 0 Å². The number of rotatable bonds is 6. The molecule has 2 heterocycles. The van der Waals surface area contributed by atoms with Gasteiger partial charge in [-0.15, -0.1) is 0 Å². The van der Waals surface area contributed by atoms with Crippen LogP contribution in [0.5, 0.6) is 5.75 Å². The first-order valence-electron chi connectivity index (χ1n) is 10.2. The number of hydrogen-bond acceptors (Lipinski definition) is 5. The topological polar surface area (TPSA) is 97.7 Å². The molecular formula is C23H22N6O2. The Morgan fingerprint density at radius 3 is 2.71 bits per heavy atom. The Bertz CT molecular complexity index is 1210. The molecule has 0 bridgehead atoms. The van der Waals surface area contributed by atoms with Crippen LogP contribution in [0.3, 0.4) is 0 Å². The van der Waals surface area contributed by atoms with Gasteiger partial charge < -0.3 is 10.1 Å². The first-order chi connectivity index (χ1) is 15.2. The number of fused-ring (bicyclic) bond motifs is 1. The standard InChI is InChI=1S/C23H22N6O2/c1-31-17-12-10-15(11-13-17)22-25-20(26-27-22)14-24-23(30)21-18-8-5-9-19(18)29(28-21)16-6-3-2-4-7-16/h2-4,6-7,10-13H,5,8-9,14H2,1H3,(H,24,30)(H,25,26,27). The van der Waals surface area contributed by atoms with Crippen LogP contribution in [0.4, 0.5) is 0 Å². The highest BCUT2D eigenvalue weighted by molar-refractivity contribution is 5.94. The number of carbonyl (C=O) groups is 1. The molecule has 0 unspecified atom stereocenters. The molecule has 0 saturated heterocycles. The second-order valence-electron chi connectivity index (χ2n) is 7.39. The van der Waals surface area contributed by atoms with E-state index in [0.29, 0.717) is 17.3 Å². The van der Waals surface area contributed by atoms with Crippen molar-refractivity contribution in [3.05, 3.63) is 77.4 Å². The largest absolute Gasteiger partial charge is 0.497 e. The minimum atomic E-state index is -0.199. The van der Waals surface area contributed by atoms with E-state index < -0.39 is 0 Å². The van der Waals surface area contributed by atoms with Crippen LogP contribution in [0.15, 0.2) is 54.6 Å². The van der Waals surface area contributed by atoms with Crippen molar-refractivity contribution in [2.75, 3.05) is 7.11 Å². The second kappa shape index (κ2) is 8.06. The number of hydrogen-bond donors (Lipinski definition) is 2. The average Bonchev–Trinajstić information content (AvgIpc) is 3.55. The number of para-hydroxylation sites is 1. The number of benzene rings is 2. The lowest BCUT2D eigenvalue weighted by Gasteiger charge is -2.04. The van der Waals surface area contributed by atoms with E-state index in [9.17, 15) is 4.79 Å². The molecule has 0 fully saturated rings. The fourth-order valence-electron chi connectivity index (χ4n) is 3.89. The number of carbonyl (C=O) groups excluding carboxylic acids is 1. The van der Waals surface area contributed by atoms with Gasteiger partial charge in [0.15, 0.2) is 11.5 Å². The number of methoxy groups -OCH3 is 1. The Kier molecular flexibility index (Phi) is 4.95. The van der Waals surface area contributed by atoms with Gasteiger partial charge >= 0.3 is 0 Å². The van der Waals surface area contributed by atoms with Crippen molar-refractivity contribution in [1.82, 2.24) is 30.3 Å². The molecule has 1 amide bonds. The third kappa shape index (κ3) is 3.68. The van der Waals surface area contributed by atoms with E-state index >= 15 is 0 Å². The molecule has 2 aromatic heterocycles. The van der Waals surface area contributed by atoms with Crippen LogP contribution in [-0.2, 0) is 19.4 Å². The van der Waals surface area contributed by atoms with Gasteiger partial charge in [-0.2, -0.15) is 10.2 Å². The van der Waals surface area contributed by atoms with Gasteiger partial charge in [0.2, 0.25) is 0 Å². The van der Waals surface area contributed by atoms with Crippen molar-refractivity contribution >= 4 is 5.91 Å². The minimum absolute atomic E-state index is 0.199. The highest BCUT2D eigenvalue weighted by Crippen LogP contribution is 2.27. The summed E-state index contributed by atoms with van der Waals surface area (Å²) in [5.41, 5.74) is 4.50. The number of ether oxygens (including phenoxy) is 1. The minimum Gasteiger partial charge on any atom is -0.497 e. The molecule has 5 rings (SSSR count). The summed E-state index contributed by atoms with van der Waals surface area (Å²) < 4.78 is 7.07. The lowest BCUT2D eigenvalue weighted by Crippen LogP contribution is -2.25. The molecule has 1 aliphatic carbocycles. The zero-order chi connectivity index (χ0) is 21.2. The maximum Gasteiger partial charge on any atom is 0.272 e. The van der Waals surface area contributed by atoms with Crippen LogP contribution in [0.2, 0.25) is 0 Å². The van der Waals surface area contributed by atoms with Gasteiger partial charge in [0.25, 0.3) is 5.91 Å². The fourth-order valence-corrected chi connectivity index (χ4v) is 3.89. The summed E-state index contributed by atoms with van der Waals surface area (Å²) >= 11 is 0. The molecule has 2 N–H and O–H groups in total. The van der Waals surface area contributed by atoms with Crippen molar-refractivity contribution in [2.24, 2.45) is 0 Å². The summed E-state index contributed by atoms with van der Waals surface area (Å²) in [6.07, 6.45) is 2.83. The van der Waals surface area contributed by atoms with E-state index in [0.717, 1.165) is 47.5 Å². The van der Waals surface area contributed by atoms with Crippen molar-refractivity contribution in [3.8, 4) is 22.8 Å². The number of H-pyrrole nitrogens is 1. The predicted molar refractivity (Wildman–Crippen MR) is 115 cm³/mol. The number of nitrogens with one attached hydrogen (secondary N) is 2. The molecule has 0 atom stereocenters. The molecule has 4 aromatic rings. The van der Waals surface area contributed by atoms with E-state index in [1.807, 2.05) is 59.3 Å². The molecule has 1 aliphatic rings. The van der Waals surface area contributed by atoms with Crippen LogP contribution in [0, 0.1) is 0 Å². The van der Waals surface area contributed by atoms with E-state index in [1.165, 1.54) is 0 Å². The molecular weight excluding hydrogens is 392 g/mol. The molecule has 0 spiro atoms. The zero-order valence-corrected chi connectivity index (χ0v) is 17.1. The molecule has 0 aliphatic heterocycles. The molecule has 156 valence electrons. The molecule has 31 heavy (non-hydrogen) atoms.